The number of carboxylic acids is 1. The Morgan fingerprint density at radius 3 is 2.19 bits per heavy atom. The van der Waals surface area contributed by atoms with Gasteiger partial charge in [-0.05, 0) is 12.1 Å². The van der Waals surface area contributed by atoms with Gasteiger partial charge < -0.3 is 25.2 Å². The van der Waals surface area contributed by atoms with E-state index >= 15 is 0 Å². The molecule has 0 heterocycles. The summed E-state index contributed by atoms with van der Waals surface area (Å²) in [5, 5.41) is 13.5. The van der Waals surface area contributed by atoms with Crippen molar-refractivity contribution in [3.63, 3.8) is 0 Å². The van der Waals surface area contributed by atoms with Crippen LogP contribution < -0.4 is 10.6 Å². The van der Waals surface area contributed by atoms with E-state index in [0.717, 1.165) is 14.2 Å². The molecule has 0 saturated heterocycles. The van der Waals surface area contributed by atoms with E-state index in [9.17, 15) is 24.0 Å². The number of carboxylic acid groups (broad SMARTS) is 1. The average molecular weight is 366 g/mol. The van der Waals surface area contributed by atoms with Crippen molar-refractivity contribution >= 4 is 29.7 Å². The highest BCUT2D eigenvalue weighted by molar-refractivity contribution is 6.05. The minimum Gasteiger partial charge on any atom is -0.478 e. The minimum absolute atomic E-state index is 0.119. The molecule has 10 heteroatoms. The van der Waals surface area contributed by atoms with Gasteiger partial charge in [0.2, 0.25) is 5.91 Å². The highest BCUT2D eigenvalue weighted by Crippen LogP contribution is 2.08. The molecule has 0 aromatic heterocycles. The standard InChI is InChI=1S/C16H18N2O8/c1-25-13(20)7-11(16(24)26-2)18-12(19)8-17-14(21)9-5-3-4-6-10(9)15(22)23/h3-6,11H,7-8H2,1-2H3,(H,17,21)(H,18,19)(H,22,23)/t11-/m1/s1. The molecule has 26 heavy (non-hydrogen) atoms. The predicted octanol–water partition coefficient (Wildman–Crippen LogP) is -0.664. The number of amides is 2. The van der Waals surface area contributed by atoms with E-state index in [1.807, 2.05) is 0 Å². The first-order chi connectivity index (χ1) is 12.3. The molecule has 0 bridgehead atoms. The molecule has 2 amide bonds. The average Bonchev–Trinajstić information content (AvgIpc) is 2.64. The number of rotatable bonds is 8. The van der Waals surface area contributed by atoms with Crippen LogP contribution in [-0.4, -0.2) is 61.6 Å². The van der Waals surface area contributed by atoms with Crippen molar-refractivity contribution in [2.24, 2.45) is 0 Å². The van der Waals surface area contributed by atoms with Gasteiger partial charge in [0, 0.05) is 0 Å². The minimum atomic E-state index is -1.29. The van der Waals surface area contributed by atoms with E-state index in [0.29, 0.717) is 0 Å². The normalized spacial score (nSPS) is 11.0. The first-order valence-corrected chi connectivity index (χ1v) is 7.34. The molecular formula is C16H18N2O8. The van der Waals surface area contributed by atoms with E-state index in [1.165, 1.54) is 24.3 Å². The third-order valence-electron chi connectivity index (χ3n) is 3.23. The molecule has 0 aliphatic rings. The van der Waals surface area contributed by atoms with Crippen LogP contribution in [0.25, 0.3) is 0 Å². The van der Waals surface area contributed by atoms with Crippen molar-refractivity contribution in [3.05, 3.63) is 35.4 Å². The van der Waals surface area contributed by atoms with Crippen molar-refractivity contribution < 1.29 is 38.6 Å². The van der Waals surface area contributed by atoms with Crippen LogP contribution in [0.4, 0.5) is 0 Å². The van der Waals surface area contributed by atoms with Crippen LogP contribution in [-0.2, 0) is 23.9 Å². The number of carbonyl (C=O) groups is 5. The van der Waals surface area contributed by atoms with Gasteiger partial charge in [0.1, 0.15) is 6.04 Å². The third-order valence-corrected chi connectivity index (χ3v) is 3.23. The number of aromatic carboxylic acids is 1. The smallest absolute Gasteiger partial charge is 0.336 e. The number of methoxy groups -OCH3 is 2. The van der Waals surface area contributed by atoms with Gasteiger partial charge in [-0.2, -0.15) is 0 Å². The van der Waals surface area contributed by atoms with Gasteiger partial charge in [-0.25, -0.2) is 9.59 Å². The Hall–Kier alpha value is -3.43. The Morgan fingerprint density at radius 2 is 1.65 bits per heavy atom. The molecule has 0 fully saturated rings. The maximum Gasteiger partial charge on any atom is 0.336 e. The Morgan fingerprint density at radius 1 is 1.04 bits per heavy atom. The zero-order valence-electron chi connectivity index (χ0n) is 14.1. The molecule has 0 spiro atoms. The summed E-state index contributed by atoms with van der Waals surface area (Å²) in [5.74, 6) is -4.43. The summed E-state index contributed by atoms with van der Waals surface area (Å²) in [6.45, 7) is -0.540. The number of hydrogen-bond acceptors (Lipinski definition) is 7. The zero-order valence-corrected chi connectivity index (χ0v) is 14.1. The number of esters is 2. The second kappa shape index (κ2) is 9.77. The highest BCUT2D eigenvalue weighted by Gasteiger charge is 2.25. The van der Waals surface area contributed by atoms with Gasteiger partial charge in [0.15, 0.2) is 0 Å². The SMILES string of the molecule is COC(=O)C[C@@H](NC(=O)CNC(=O)c1ccccc1C(=O)O)C(=O)OC. The number of hydrogen-bond donors (Lipinski definition) is 3. The van der Waals surface area contributed by atoms with Crippen LogP contribution in [0.1, 0.15) is 27.1 Å². The lowest BCUT2D eigenvalue weighted by atomic mass is 10.1. The third kappa shape index (κ3) is 5.89. The molecule has 0 saturated carbocycles. The molecule has 1 rings (SSSR count). The molecule has 0 unspecified atom stereocenters. The van der Waals surface area contributed by atoms with Gasteiger partial charge in [-0.1, -0.05) is 12.1 Å². The molecule has 10 nitrogen and oxygen atoms in total. The fourth-order valence-corrected chi connectivity index (χ4v) is 1.95. The first-order valence-electron chi connectivity index (χ1n) is 7.34. The van der Waals surface area contributed by atoms with Crippen LogP contribution in [0.2, 0.25) is 0 Å². The molecule has 3 N–H and O–H groups in total. The number of nitrogens with one attached hydrogen (secondary N) is 2. The van der Waals surface area contributed by atoms with E-state index in [1.54, 1.807) is 0 Å². The van der Waals surface area contributed by atoms with Gasteiger partial charge in [0.25, 0.3) is 5.91 Å². The maximum absolute atomic E-state index is 12.1. The zero-order chi connectivity index (χ0) is 19.7. The quantitative estimate of drug-likeness (QED) is 0.513. The Labute approximate surface area is 148 Å². The first kappa shape index (κ1) is 20.6. The molecular weight excluding hydrogens is 348 g/mol. The molecule has 1 aromatic rings. The summed E-state index contributed by atoms with van der Waals surface area (Å²) in [7, 11) is 2.21. The van der Waals surface area contributed by atoms with Crippen molar-refractivity contribution in [3.8, 4) is 0 Å². The fraction of sp³-hybridized carbons (Fsp3) is 0.312. The van der Waals surface area contributed by atoms with Crippen LogP contribution in [0.5, 0.6) is 0 Å². The lowest BCUT2D eigenvalue weighted by Crippen LogP contribution is -2.47. The summed E-state index contributed by atoms with van der Waals surface area (Å²) in [6.07, 6.45) is -0.440. The predicted molar refractivity (Wildman–Crippen MR) is 86.3 cm³/mol. The van der Waals surface area contributed by atoms with Crippen molar-refractivity contribution in [2.45, 2.75) is 12.5 Å². The largest absolute Gasteiger partial charge is 0.478 e. The fourth-order valence-electron chi connectivity index (χ4n) is 1.95. The van der Waals surface area contributed by atoms with Gasteiger partial charge in [-0.15, -0.1) is 0 Å². The van der Waals surface area contributed by atoms with E-state index in [4.69, 9.17) is 5.11 Å². The van der Waals surface area contributed by atoms with Gasteiger partial charge >= 0.3 is 17.9 Å². The molecule has 0 aliphatic heterocycles. The maximum atomic E-state index is 12.1. The highest BCUT2D eigenvalue weighted by atomic mass is 16.5. The van der Waals surface area contributed by atoms with E-state index in [-0.39, 0.29) is 11.1 Å². The Balaban J connectivity index is 2.70. The van der Waals surface area contributed by atoms with Crippen molar-refractivity contribution in [2.75, 3.05) is 20.8 Å². The second-order valence-electron chi connectivity index (χ2n) is 4.96. The molecule has 140 valence electrons. The Kier molecular flexibility index (Phi) is 7.74. The monoisotopic (exact) mass is 366 g/mol. The molecule has 1 aromatic carbocycles. The van der Waals surface area contributed by atoms with Crippen molar-refractivity contribution in [1.29, 1.82) is 0 Å². The van der Waals surface area contributed by atoms with E-state index in [2.05, 4.69) is 20.1 Å². The summed E-state index contributed by atoms with van der Waals surface area (Å²) in [6, 6.07) is 4.21. The lowest BCUT2D eigenvalue weighted by Gasteiger charge is -2.15. The Bertz CT molecular complexity index is 716. The second-order valence-corrected chi connectivity index (χ2v) is 4.96. The van der Waals surface area contributed by atoms with Crippen LogP contribution in [0, 0.1) is 0 Å². The van der Waals surface area contributed by atoms with Crippen LogP contribution >= 0.6 is 0 Å². The van der Waals surface area contributed by atoms with Gasteiger partial charge in [-0.3, -0.25) is 14.4 Å². The summed E-state index contributed by atoms with van der Waals surface area (Å²) in [4.78, 5) is 57.9. The number of carbonyl (C=O) groups excluding carboxylic acids is 4. The summed E-state index contributed by atoms with van der Waals surface area (Å²) >= 11 is 0. The van der Waals surface area contributed by atoms with E-state index < -0.39 is 48.7 Å². The van der Waals surface area contributed by atoms with Crippen LogP contribution in [0.15, 0.2) is 24.3 Å². The van der Waals surface area contributed by atoms with Crippen molar-refractivity contribution in [1.82, 2.24) is 10.6 Å². The molecule has 0 radical (unpaired) electrons. The van der Waals surface area contributed by atoms with Gasteiger partial charge in [0.05, 0.1) is 38.3 Å². The number of ether oxygens (including phenoxy) is 2. The molecule has 0 aliphatic carbocycles. The topological polar surface area (TPSA) is 148 Å². The summed E-state index contributed by atoms with van der Waals surface area (Å²) < 4.78 is 8.91. The lowest BCUT2D eigenvalue weighted by molar-refractivity contribution is -0.150. The number of benzene rings is 1. The van der Waals surface area contributed by atoms with Crippen LogP contribution in [0.3, 0.4) is 0 Å². The summed E-state index contributed by atoms with van der Waals surface area (Å²) in [5.41, 5.74) is -0.338. The molecule has 1 atom stereocenters.